The molecule has 2 aromatic carbocycles. The molecule has 0 radical (unpaired) electrons. The Hall–Kier alpha value is -3.15. The molecular formula is C22H22N4O. The molecule has 1 aliphatic rings. The molecule has 0 heterocycles. The molecule has 0 aromatic heterocycles. The largest absolute Gasteiger partial charge is 0.340 e. The van der Waals surface area contributed by atoms with Gasteiger partial charge in [-0.1, -0.05) is 42.8 Å². The third-order valence-electron chi connectivity index (χ3n) is 5.12. The van der Waals surface area contributed by atoms with Crippen LogP contribution in [0, 0.1) is 28.6 Å². The van der Waals surface area contributed by atoms with Crippen molar-refractivity contribution in [2.24, 2.45) is 11.7 Å². The SMILES string of the molecule is N#Cc1ccc(-c2ccc(CC(C#N)NC(=O)C3CCCC3N)cc2)cc1. The van der Waals surface area contributed by atoms with E-state index in [4.69, 9.17) is 11.0 Å². The van der Waals surface area contributed by atoms with Crippen LogP contribution in [0.15, 0.2) is 48.5 Å². The van der Waals surface area contributed by atoms with E-state index in [2.05, 4.69) is 17.5 Å². The van der Waals surface area contributed by atoms with E-state index in [1.807, 2.05) is 36.4 Å². The number of amides is 1. The molecule has 136 valence electrons. The van der Waals surface area contributed by atoms with Crippen LogP contribution in [-0.2, 0) is 11.2 Å². The number of nitrogens with zero attached hydrogens (tertiary/aromatic N) is 2. The van der Waals surface area contributed by atoms with Gasteiger partial charge < -0.3 is 11.1 Å². The average molecular weight is 358 g/mol. The van der Waals surface area contributed by atoms with E-state index in [1.165, 1.54) is 0 Å². The minimum atomic E-state index is -0.564. The highest BCUT2D eigenvalue weighted by molar-refractivity contribution is 5.80. The quantitative estimate of drug-likeness (QED) is 0.857. The monoisotopic (exact) mass is 358 g/mol. The van der Waals surface area contributed by atoms with Gasteiger partial charge in [-0.05, 0) is 41.7 Å². The van der Waals surface area contributed by atoms with Crippen LogP contribution in [0.2, 0.25) is 0 Å². The van der Waals surface area contributed by atoms with Crippen LogP contribution >= 0.6 is 0 Å². The Morgan fingerprint density at radius 1 is 1.07 bits per heavy atom. The highest BCUT2D eigenvalue weighted by atomic mass is 16.2. The predicted octanol–water partition coefficient (Wildman–Crippen LogP) is 2.90. The molecule has 3 atom stereocenters. The number of nitrogens with one attached hydrogen (secondary N) is 1. The lowest BCUT2D eigenvalue weighted by Gasteiger charge is -2.18. The van der Waals surface area contributed by atoms with Gasteiger partial charge in [0.1, 0.15) is 6.04 Å². The van der Waals surface area contributed by atoms with E-state index >= 15 is 0 Å². The average Bonchev–Trinajstić information content (AvgIpc) is 3.14. The van der Waals surface area contributed by atoms with Gasteiger partial charge in [0.15, 0.2) is 0 Å². The summed E-state index contributed by atoms with van der Waals surface area (Å²) in [4.78, 5) is 12.3. The van der Waals surface area contributed by atoms with Crippen LogP contribution in [0.1, 0.15) is 30.4 Å². The van der Waals surface area contributed by atoms with Crippen molar-refractivity contribution >= 4 is 5.91 Å². The number of rotatable bonds is 5. The minimum absolute atomic E-state index is 0.101. The van der Waals surface area contributed by atoms with E-state index in [-0.39, 0.29) is 17.9 Å². The molecule has 1 amide bonds. The Labute approximate surface area is 159 Å². The second kappa shape index (κ2) is 8.49. The zero-order valence-corrected chi connectivity index (χ0v) is 15.1. The highest BCUT2D eigenvalue weighted by Gasteiger charge is 2.31. The second-order valence-corrected chi connectivity index (χ2v) is 6.98. The van der Waals surface area contributed by atoms with Gasteiger partial charge in [0.25, 0.3) is 0 Å². The molecule has 1 fully saturated rings. The van der Waals surface area contributed by atoms with Crippen molar-refractivity contribution < 1.29 is 4.79 Å². The predicted molar refractivity (Wildman–Crippen MR) is 103 cm³/mol. The van der Waals surface area contributed by atoms with Crippen molar-refractivity contribution in [3.63, 3.8) is 0 Å². The number of nitrogens with two attached hydrogens (primary N) is 1. The maximum absolute atomic E-state index is 12.3. The van der Waals surface area contributed by atoms with Gasteiger partial charge in [0.05, 0.1) is 23.6 Å². The maximum atomic E-state index is 12.3. The van der Waals surface area contributed by atoms with Crippen molar-refractivity contribution in [1.82, 2.24) is 5.32 Å². The fourth-order valence-electron chi connectivity index (χ4n) is 3.53. The van der Waals surface area contributed by atoms with Crippen LogP contribution < -0.4 is 11.1 Å². The molecule has 1 saturated carbocycles. The molecule has 1 aliphatic carbocycles. The lowest BCUT2D eigenvalue weighted by molar-refractivity contribution is -0.125. The summed E-state index contributed by atoms with van der Waals surface area (Å²) in [7, 11) is 0. The first-order chi connectivity index (χ1) is 13.1. The Balaban J connectivity index is 1.63. The van der Waals surface area contributed by atoms with Crippen molar-refractivity contribution in [1.29, 1.82) is 10.5 Å². The fraction of sp³-hybridized carbons (Fsp3) is 0.318. The van der Waals surface area contributed by atoms with E-state index in [9.17, 15) is 10.1 Å². The standard InChI is InChI=1S/C22H22N4O/c23-13-16-6-10-18(11-7-16)17-8-4-15(5-9-17)12-19(14-24)26-22(27)20-2-1-3-21(20)25/h4-11,19-21H,1-3,12,25H2,(H,26,27). The molecule has 0 spiro atoms. The molecule has 5 nitrogen and oxygen atoms in total. The van der Waals surface area contributed by atoms with Crippen molar-refractivity contribution in [3.05, 3.63) is 59.7 Å². The molecule has 0 bridgehead atoms. The van der Waals surface area contributed by atoms with Crippen LogP contribution in [0.5, 0.6) is 0 Å². The van der Waals surface area contributed by atoms with Crippen molar-refractivity contribution in [2.45, 2.75) is 37.8 Å². The van der Waals surface area contributed by atoms with Crippen LogP contribution in [0.25, 0.3) is 11.1 Å². The molecule has 2 aromatic rings. The Morgan fingerprint density at radius 3 is 2.22 bits per heavy atom. The normalized spacial score (nSPS) is 19.7. The first-order valence-electron chi connectivity index (χ1n) is 9.16. The zero-order valence-electron chi connectivity index (χ0n) is 15.1. The number of carbonyl (C=O) groups excluding carboxylic acids is 1. The second-order valence-electron chi connectivity index (χ2n) is 6.98. The van der Waals surface area contributed by atoms with E-state index < -0.39 is 6.04 Å². The Morgan fingerprint density at radius 2 is 1.70 bits per heavy atom. The number of carbonyl (C=O) groups is 1. The van der Waals surface area contributed by atoms with Gasteiger partial charge in [-0.15, -0.1) is 0 Å². The molecule has 5 heteroatoms. The molecule has 27 heavy (non-hydrogen) atoms. The lowest BCUT2D eigenvalue weighted by atomic mass is 9.99. The maximum Gasteiger partial charge on any atom is 0.225 e. The third-order valence-corrected chi connectivity index (χ3v) is 5.12. The molecule has 3 rings (SSSR count). The van der Waals surface area contributed by atoms with Gasteiger partial charge in [-0.2, -0.15) is 10.5 Å². The summed E-state index contributed by atoms with van der Waals surface area (Å²) in [5, 5.41) is 21.1. The van der Waals surface area contributed by atoms with Crippen LogP contribution in [-0.4, -0.2) is 18.0 Å². The minimum Gasteiger partial charge on any atom is -0.340 e. The topological polar surface area (TPSA) is 103 Å². The third kappa shape index (κ3) is 4.53. The first kappa shape index (κ1) is 18.6. The molecule has 0 aliphatic heterocycles. The summed E-state index contributed by atoms with van der Waals surface area (Å²) in [6.45, 7) is 0. The summed E-state index contributed by atoms with van der Waals surface area (Å²) in [6.07, 6.45) is 3.09. The number of hydrogen-bond acceptors (Lipinski definition) is 4. The van der Waals surface area contributed by atoms with Crippen molar-refractivity contribution in [2.75, 3.05) is 0 Å². The van der Waals surface area contributed by atoms with Crippen LogP contribution in [0.4, 0.5) is 0 Å². The summed E-state index contributed by atoms with van der Waals surface area (Å²) < 4.78 is 0. The molecule has 3 unspecified atom stereocenters. The van der Waals surface area contributed by atoms with E-state index in [0.717, 1.165) is 36.0 Å². The van der Waals surface area contributed by atoms with E-state index in [0.29, 0.717) is 12.0 Å². The van der Waals surface area contributed by atoms with Gasteiger partial charge in [-0.3, -0.25) is 4.79 Å². The lowest BCUT2D eigenvalue weighted by Crippen LogP contribution is -2.43. The van der Waals surface area contributed by atoms with Gasteiger partial charge in [-0.25, -0.2) is 0 Å². The Bertz CT molecular complexity index is 875. The molecular weight excluding hydrogens is 336 g/mol. The van der Waals surface area contributed by atoms with Gasteiger partial charge in [0, 0.05) is 12.5 Å². The number of benzene rings is 2. The van der Waals surface area contributed by atoms with Gasteiger partial charge in [0.2, 0.25) is 5.91 Å². The zero-order chi connectivity index (χ0) is 19.2. The smallest absolute Gasteiger partial charge is 0.225 e. The Kier molecular flexibility index (Phi) is 5.86. The van der Waals surface area contributed by atoms with Crippen LogP contribution in [0.3, 0.4) is 0 Å². The number of nitriles is 2. The summed E-state index contributed by atoms with van der Waals surface area (Å²) in [6, 6.07) is 18.9. The number of hydrogen-bond donors (Lipinski definition) is 2. The van der Waals surface area contributed by atoms with E-state index in [1.54, 1.807) is 12.1 Å². The first-order valence-corrected chi connectivity index (χ1v) is 9.16. The highest BCUT2D eigenvalue weighted by Crippen LogP contribution is 2.24. The van der Waals surface area contributed by atoms with Crippen molar-refractivity contribution in [3.8, 4) is 23.3 Å². The molecule has 3 N–H and O–H groups in total. The van der Waals surface area contributed by atoms with Gasteiger partial charge >= 0.3 is 0 Å². The molecule has 0 saturated heterocycles. The summed E-state index contributed by atoms with van der Waals surface area (Å²) >= 11 is 0. The summed E-state index contributed by atoms with van der Waals surface area (Å²) in [5.41, 5.74) is 9.66. The fourth-order valence-corrected chi connectivity index (χ4v) is 3.53. The summed E-state index contributed by atoms with van der Waals surface area (Å²) in [5.74, 6) is -0.291.